The van der Waals surface area contributed by atoms with E-state index in [2.05, 4.69) is 43.4 Å². The van der Waals surface area contributed by atoms with Crippen molar-refractivity contribution in [1.82, 2.24) is 0 Å². The number of hydrogen-bond donors (Lipinski definition) is 0. The van der Waals surface area contributed by atoms with Crippen LogP contribution in [0.15, 0.2) is 0 Å². The van der Waals surface area contributed by atoms with Crippen LogP contribution in [0.25, 0.3) is 0 Å². The summed E-state index contributed by atoms with van der Waals surface area (Å²) in [4.78, 5) is 0. The maximum atomic E-state index is 6.15. The fourth-order valence-electron chi connectivity index (χ4n) is 2.82. The monoisotopic (exact) mass is 294 g/mol. The highest BCUT2D eigenvalue weighted by molar-refractivity contribution is 14.1. The Morgan fingerprint density at radius 2 is 2.00 bits per heavy atom. The van der Waals surface area contributed by atoms with E-state index in [9.17, 15) is 0 Å². The van der Waals surface area contributed by atoms with E-state index in [0.717, 1.165) is 10.3 Å². The van der Waals surface area contributed by atoms with Crippen molar-refractivity contribution in [2.24, 2.45) is 11.3 Å². The highest BCUT2D eigenvalue weighted by Gasteiger charge is 2.58. The quantitative estimate of drug-likeness (QED) is 0.560. The largest absolute Gasteiger partial charge is 0.371 e. The van der Waals surface area contributed by atoms with Crippen LogP contribution in [-0.2, 0) is 4.74 Å². The minimum atomic E-state index is 0.208. The third-order valence-corrected chi connectivity index (χ3v) is 4.80. The summed E-state index contributed by atoms with van der Waals surface area (Å²) in [7, 11) is 0. The van der Waals surface area contributed by atoms with Crippen molar-refractivity contribution in [2.75, 3.05) is 4.43 Å². The van der Waals surface area contributed by atoms with Gasteiger partial charge in [0.1, 0.15) is 0 Å². The highest BCUT2D eigenvalue weighted by atomic mass is 127. The summed E-state index contributed by atoms with van der Waals surface area (Å²) in [5.41, 5.74) is 0.758. The van der Waals surface area contributed by atoms with Gasteiger partial charge in [-0.25, -0.2) is 0 Å². The van der Waals surface area contributed by atoms with Crippen molar-refractivity contribution in [3.63, 3.8) is 0 Å². The average Bonchev–Trinajstić information content (AvgIpc) is 2.56. The van der Waals surface area contributed by atoms with Crippen LogP contribution in [0.4, 0.5) is 0 Å². The summed E-state index contributed by atoms with van der Waals surface area (Å²) < 4.78 is 7.30. The van der Waals surface area contributed by atoms with Crippen molar-refractivity contribution in [3.05, 3.63) is 0 Å². The van der Waals surface area contributed by atoms with Gasteiger partial charge in [-0.3, -0.25) is 0 Å². The molecular formula is C11H19IO. The van der Waals surface area contributed by atoms with Crippen LogP contribution < -0.4 is 0 Å². The van der Waals surface area contributed by atoms with Crippen LogP contribution >= 0.6 is 22.6 Å². The first kappa shape index (κ1) is 10.2. The molecule has 2 fully saturated rings. The molecule has 0 amide bonds. The van der Waals surface area contributed by atoms with E-state index in [1.54, 1.807) is 0 Å². The number of ether oxygens (including phenoxy) is 1. The molecule has 1 aliphatic heterocycles. The van der Waals surface area contributed by atoms with Crippen molar-refractivity contribution in [3.8, 4) is 0 Å². The lowest BCUT2D eigenvalue weighted by molar-refractivity contribution is -0.0406. The van der Waals surface area contributed by atoms with Gasteiger partial charge in [-0.2, -0.15) is 0 Å². The normalized spacial score (nSPS) is 48.0. The molecule has 2 heteroatoms. The Hall–Kier alpha value is 0.690. The van der Waals surface area contributed by atoms with E-state index in [4.69, 9.17) is 4.74 Å². The minimum Gasteiger partial charge on any atom is -0.371 e. The molecule has 0 aromatic carbocycles. The van der Waals surface area contributed by atoms with Gasteiger partial charge in [0.25, 0.3) is 0 Å². The second kappa shape index (κ2) is 3.09. The third-order valence-electron chi connectivity index (χ3n) is 3.82. The molecular weight excluding hydrogens is 275 g/mol. The second-order valence-corrected chi connectivity index (χ2v) is 6.37. The van der Waals surface area contributed by atoms with Gasteiger partial charge < -0.3 is 4.74 Å². The van der Waals surface area contributed by atoms with Gasteiger partial charge in [-0.05, 0) is 37.5 Å². The molecule has 13 heavy (non-hydrogen) atoms. The molecule has 76 valence electrons. The summed E-state index contributed by atoms with van der Waals surface area (Å²) >= 11 is 2.43. The van der Waals surface area contributed by atoms with Crippen molar-refractivity contribution in [1.29, 1.82) is 0 Å². The molecule has 1 saturated heterocycles. The molecule has 0 bridgehead atoms. The topological polar surface area (TPSA) is 9.23 Å². The summed E-state index contributed by atoms with van der Waals surface area (Å²) in [5.74, 6) is 0.813. The Morgan fingerprint density at radius 3 is 2.38 bits per heavy atom. The van der Waals surface area contributed by atoms with Crippen LogP contribution in [0.1, 0.15) is 40.0 Å². The Morgan fingerprint density at radius 1 is 1.38 bits per heavy atom. The van der Waals surface area contributed by atoms with Gasteiger partial charge in [0.15, 0.2) is 0 Å². The zero-order valence-corrected chi connectivity index (χ0v) is 10.9. The Kier molecular flexibility index (Phi) is 2.43. The summed E-state index contributed by atoms with van der Waals surface area (Å²) in [6.07, 6.45) is 4.43. The molecule has 1 aliphatic carbocycles. The van der Waals surface area contributed by atoms with Crippen LogP contribution in [0.5, 0.6) is 0 Å². The van der Waals surface area contributed by atoms with Crippen molar-refractivity contribution < 1.29 is 4.74 Å². The van der Waals surface area contributed by atoms with Gasteiger partial charge in [-0.15, -0.1) is 0 Å². The molecule has 0 N–H and O–H groups in total. The van der Waals surface area contributed by atoms with Gasteiger partial charge in [0.05, 0.1) is 11.7 Å². The zero-order valence-electron chi connectivity index (χ0n) is 8.77. The molecule has 0 radical (unpaired) electrons. The minimum absolute atomic E-state index is 0.208. The maximum Gasteiger partial charge on any atom is 0.0692 e. The molecule has 2 aliphatic rings. The predicted octanol–water partition coefficient (Wildman–Crippen LogP) is 3.41. The fourth-order valence-corrected chi connectivity index (χ4v) is 3.44. The lowest BCUT2D eigenvalue weighted by Gasteiger charge is -2.26. The van der Waals surface area contributed by atoms with Gasteiger partial charge >= 0.3 is 0 Å². The molecule has 0 aromatic rings. The lowest BCUT2D eigenvalue weighted by Crippen LogP contribution is -2.30. The van der Waals surface area contributed by atoms with E-state index in [1.807, 2.05) is 0 Å². The lowest BCUT2D eigenvalue weighted by atomic mass is 9.91. The first-order chi connectivity index (χ1) is 5.98. The highest BCUT2D eigenvalue weighted by Crippen LogP contribution is 2.61. The van der Waals surface area contributed by atoms with E-state index in [1.165, 1.54) is 19.3 Å². The molecule has 1 nitrogen and oxygen atoms in total. The van der Waals surface area contributed by atoms with Crippen LogP contribution in [0, 0.1) is 11.3 Å². The number of halogens is 1. The van der Waals surface area contributed by atoms with Crippen LogP contribution in [0.2, 0.25) is 0 Å². The molecule has 1 heterocycles. The molecule has 0 spiro atoms. The van der Waals surface area contributed by atoms with Crippen LogP contribution in [-0.4, -0.2) is 16.1 Å². The van der Waals surface area contributed by atoms with Crippen molar-refractivity contribution >= 4 is 22.6 Å². The smallest absolute Gasteiger partial charge is 0.0692 e. The molecule has 3 unspecified atom stereocenters. The summed E-state index contributed by atoms with van der Waals surface area (Å²) in [5, 5.41) is 0. The summed E-state index contributed by atoms with van der Waals surface area (Å²) in [6, 6.07) is 0. The van der Waals surface area contributed by atoms with E-state index in [-0.39, 0.29) is 5.60 Å². The molecule has 0 aromatic heterocycles. The Balaban J connectivity index is 2.00. The Labute approximate surface area is 94.8 Å². The standard InChI is InChI=1S/C11H19IO/c1-10(2)6-9(10)11(3)5-4-8(7-12)13-11/h8-9H,4-7H2,1-3H3. The van der Waals surface area contributed by atoms with Gasteiger partial charge in [0, 0.05) is 4.43 Å². The predicted molar refractivity (Wildman–Crippen MR) is 63.3 cm³/mol. The molecule has 3 atom stereocenters. The average molecular weight is 294 g/mol. The first-order valence-electron chi connectivity index (χ1n) is 5.22. The van der Waals surface area contributed by atoms with Crippen LogP contribution in [0.3, 0.4) is 0 Å². The molecule has 1 saturated carbocycles. The number of alkyl halides is 1. The fraction of sp³-hybridized carbons (Fsp3) is 1.00. The van der Waals surface area contributed by atoms with Crippen molar-refractivity contribution in [2.45, 2.75) is 51.7 Å². The van der Waals surface area contributed by atoms with Gasteiger partial charge in [0.2, 0.25) is 0 Å². The second-order valence-electron chi connectivity index (χ2n) is 5.49. The van der Waals surface area contributed by atoms with Gasteiger partial charge in [-0.1, -0.05) is 36.4 Å². The van der Waals surface area contributed by atoms with E-state index in [0.29, 0.717) is 11.5 Å². The third kappa shape index (κ3) is 1.76. The SMILES string of the molecule is CC1(C)CC1C1(C)CCC(CI)O1. The number of hydrogen-bond acceptors (Lipinski definition) is 1. The summed E-state index contributed by atoms with van der Waals surface area (Å²) in [6.45, 7) is 7.05. The van der Waals surface area contributed by atoms with E-state index < -0.39 is 0 Å². The Bertz CT molecular complexity index is 214. The zero-order chi connectivity index (χ0) is 9.69. The first-order valence-corrected chi connectivity index (χ1v) is 6.74. The van der Waals surface area contributed by atoms with E-state index >= 15 is 0 Å². The number of rotatable bonds is 2. The molecule has 2 rings (SSSR count). The maximum absolute atomic E-state index is 6.15.